The predicted octanol–water partition coefficient (Wildman–Crippen LogP) is 2.03. The summed E-state index contributed by atoms with van der Waals surface area (Å²) in [5.74, 6) is 0.784. The number of nitrogens with one attached hydrogen (secondary N) is 1. The van der Waals surface area contributed by atoms with E-state index in [2.05, 4.69) is 5.32 Å². The Labute approximate surface area is 113 Å². The van der Waals surface area contributed by atoms with Gasteiger partial charge in [-0.05, 0) is 39.3 Å². The lowest BCUT2D eigenvalue weighted by Gasteiger charge is -2.24. The molecule has 1 rings (SSSR count). The third-order valence-corrected chi connectivity index (χ3v) is 3.48. The number of hydrogen-bond acceptors (Lipinski definition) is 3. The Morgan fingerprint density at radius 3 is 2.78 bits per heavy atom. The van der Waals surface area contributed by atoms with Crippen LogP contribution in [0.15, 0.2) is 22.8 Å². The lowest BCUT2D eigenvalue weighted by molar-refractivity contribution is -0.126. The maximum Gasteiger partial charge on any atom is 0.232 e. The summed E-state index contributed by atoms with van der Waals surface area (Å²) < 4.78 is 5.24. The fourth-order valence-corrected chi connectivity index (χ4v) is 1.49. The smallest absolute Gasteiger partial charge is 0.232 e. The molecule has 3 N–H and O–H groups in total. The second-order valence-corrected chi connectivity index (χ2v) is 5.42. The molecule has 5 heteroatoms. The highest BCUT2D eigenvalue weighted by molar-refractivity contribution is 7.80. The summed E-state index contributed by atoms with van der Waals surface area (Å²) in [4.78, 5) is 12.2. The van der Waals surface area contributed by atoms with E-state index in [1.807, 2.05) is 19.1 Å². The van der Waals surface area contributed by atoms with Crippen LogP contribution in [0.4, 0.5) is 0 Å². The van der Waals surface area contributed by atoms with Crippen molar-refractivity contribution in [3.05, 3.63) is 24.2 Å². The quantitative estimate of drug-likeness (QED) is 0.775. The van der Waals surface area contributed by atoms with E-state index in [4.69, 9.17) is 22.4 Å². The van der Waals surface area contributed by atoms with E-state index >= 15 is 0 Å². The molecule has 0 fully saturated rings. The van der Waals surface area contributed by atoms with Crippen LogP contribution in [0.5, 0.6) is 0 Å². The molecule has 0 saturated heterocycles. The molecule has 0 aliphatic carbocycles. The van der Waals surface area contributed by atoms with Gasteiger partial charge in [-0.1, -0.05) is 12.2 Å². The highest BCUT2D eigenvalue weighted by Crippen LogP contribution is 2.16. The topological polar surface area (TPSA) is 68.3 Å². The molecule has 1 atom stereocenters. The van der Waals surface area contributed by atoms with Gasteiger partial charge in [0, 0.05) is 12.5 Å². The number of aryl methyl sites for hydroxylation is 1. The zero-order valence-corrected chi connectivity index (χ0v) is 11.8. The van der Waals surface area contributed by atoms with Crippen molar-refractivity contribution in [1.29, 1.82) is 0 Å². The number of carbonyl (C=O) groups excluding carboxylic acids is 1. The summed E-state index contributed by atoms with van der Waals surface area (Å²) in [5, 5.41) is 2.92. The third kappa shape index (κ3) is 3.84. The molecular formula is C13H20N2O2S. The summed E-state index contributed by atoms with van der Waals surface area (Å²) in [5.41, 5.74) is 4.74. The monoisotopic (exact) mass is 268 g/mol. The molecular weight excluding hydrogens is 248 g/mol. The van der Waals surface area contributed by atoms with Gasteiger partial charge >= 0.3 is 0 Å². The first kappa shape index (κ1) is 14.7. The zero-order valence-electron chi connectivity index (χ0n) is 11.0. The lowest BCUT2D eigenvalue weighted by Crippen LogP contribution is -2.47. The molecule has 1 unspecified atom stereocenters. The van der Waals surface area contributed by atoms with Crippen LogP contribution in [-0.4, -0.2) is 16.9 Å². The van der Waals surface area contributed by atoms with Crippen molar-refractivity contribution in [2.75, 3.05) is 0 Å². The Morgan fingerprint density at radius 1 is 1.61 bits per heavy atom. The first-order chi connectivity index (χ1) is 8.34. The number of nitrogens with two attached hydrogens (primary N) is 1. The normalized spacial score (nSPS) is 13.1. The molecule has 4 nitrogen and oxygen atoms in total. The van der Waals surface area contributed by atoms with Crippen molar-refractivity contribution in [1.82, 2.24) is 5.32 Å². The van der Waals surface area contributed by atoms with Crippen LogP contribution in [0.3, 0.4) is 0 Å². The molecule has 0 spiro atoms. The Kier molecular flexibility index (Phi) is 4.90. The molecule has 0 bridgehead atoms. The lowest BCUT2D eigenvalue weighted by atomic mass is 9.92. The minimum Gasteiger partial charge on any atom is -0.469 e. The van der Waals surface area contributed by atoms with E-state index in [-0.39, 0.29) is 16.9 Å². The van der Waals surface area contributed by atoms with Gasteiger partial charge in [-0.2, -0.15) is 0 Å². The van der Waals surface area contributed by atoms with Gasteiger partial charge in [0.25, 0.3) is 0 Å². The minimum atomic E-state index is -0.811. The largest absolute Gasteiger partial charge is 0.469 e. The highest BCUT2D eigenvalue weighted by Gasteiger charge is 2.31. The maximum atomic E-state index is 12.0. The molecule has 1 aromatic rings. The van der Waals surface area contributed by atoms with Crippen molar-refractivity contribution < 1.29 is 9.21 Å². The highest BCUT2D eigenvalue weighted by atomic mass is 32.1. The van der Waals surface area contributed by atoms with E-state index in [1.165, 1.54) is 0 Å². The van der Waals surface area contributed by atoms with E-state index in [0.717, 1.165) is 18.6 Å². The minimum absolute atomic E-state index is 0.0521. The molecule has 1 aromatic heterocycles. The fraction of sp³-hybridized carbons (Fsp3) is 0.538. The number of hydrogen-bond donors (Lipinski definition) is 2. The van der Waals surface area contributed by atoms with Crippen LogP contribution < -0.4 is 11.1 Å². The molecule has 0 aromatic carbocycles. The van der Waals surface area contributed by atoms with E-state index in [9.17, 15) is 4.79 Å². The molecule has 100 valence electrons. The summed E-state index contributed by atoms with van der Waals surface area (Å²) in [7, 11) is 0. The van der Waals surface area contributed by atoms with Gasteiger partial charge in [0.05, 0.1) is 16.7 Å². The van der Waals surface area contributed by atoms with Crippen LogP contribution in [0.25, 0.3) is 0 Å². The molecule has 0 aliphatic heterocycles. The van der Waals surface area contributed by atoms with Gasteiger partial charge in [-0.15, -0.1) is 0 Å². The maximum absolute atomic E-state index is 12.0. The number of rotatable bonds is 6. The third-order valence-electron chi connectivity index (χ3n) is 2.96. The number of thiocarbonyl (C=S) groups is 1. The van der Waals surface area contributed by atoms with Gasteiger partial charge in [0.15, 0.2) is 0 Å². The Balaban J connectivity index is 2.42. The van der Waals surface area contributed by atoms with Crippen molar-refractivity contribution in [2.24, 2.45) is 11.1 Å². The van der Waals surface area contributed by atoms with Crippen molar-refractivity contribution in [3.63, 3.8) is 0 Å². The van der Waals surface area contributed by atoms with Crippen LogP contribution in [0, 0.1) is 5.41 Å². The molecule has 0 radical (unpaired) electrons. The Morgan fingerprint density at radius 2 is 2.28 bits per heavy atom. The van der Waals surface area contributed by atoms with Gasteiger partial charge < -0.3 is 15.5 Å². The van der Waals surface area contributed by atoms with Gasteiger partial charge in [-0.25, -0.2) is 0 Å². The summed E-state index contributed by atoms with van der Waals surface area (Å²) in [6, 6.07) is 3.83. The van der Waals surface area contributed by atoms with Crippen LogP contribution >= 0.6 is 12.2 Å². The molecule has 1 amide bonds. The second-order valence-electron chi connectivity index (χ2n) is 4.98. The number of carbonyl (C=O) groups is 1. The standard InChI is InChI=1S/C13H20N2O2S/c1-9(6-7-10-5-4-8-17-10)15-12(16)13(2,3)11(14)18/h4-5,8-9H,6-7H2,1-3H3,(H2,14,18)(H,15,16). The summed E-state index contributed by atoms with van der Waals surface area (Å²) >= 11 is 4.89. The van der Waals surface area contributed by atoms with Gasteiger partial charge in [0.2, 0.25) is 5.91 Å². The van der Waals surface area contributed by atoms with Crippen LogP contribution in [0.2, 0.25) is 0 Å². The van der Waals surface area contributed by atoms with Gasteiger partial charge in [0.1, 0.15) is 5.76 Å². The number of furan rings is 1. The van der Waals surface area contributed by atoms with Crippen LogP contribution in [-0.2, 0) is 11.2 Å². The van der Waals surface area contributed by atoms with Crippen LogP contribution in [0.1, 0.15) is 33.0 Å². The fourth-order valence-electron chi connectivity index (χ4n) is 1.40. The van der Waals surface area contributed by atoms with Gasteiger partial charge in [-0.3, -0.25) is 4.79 Å². The zero-order chi connectivity index (χ0) is 13.8. The molecule has 18 heavy (non-hydrogen) atoms. The Hall–Kier alpha value is -1.36. The average Bonchev–Trinajstić information content (AvgIpc) is 2.78. The second kappa shape index (κ2) is 6.00. The molecule has 0 saturated carbocycles. The number of amides is 1. The predicted molar refractivity (Wildman–Crippen MR) is 75.2 cm³/mol. The van der Waals surface area contributed by atoms with E-state index in [0.29, 0.717) is 0 Å². The van der Waals surface area contributed by atoms with Crippen molar-refractivity contribution in [3.8, 4) is 0 Å². The molecule has 1 heterocycles. The van der Waals surface area contributed by atoms with Crippen molar-refractivity contribution in [2.45, 2.75) is 39.7 Å². The summed E-state index contributed by atoms with van der Waals surface area (Å²) in [6.45, 7) is 5.41. The van der Waals surface area contributed by atoms with E-state index in [1.54, 1.807) is 20.1 Å². The van der Waals surface area contributed by atoms with Crippen molar-refractivity contribution >= 4 is 23.1 Å². The average molecular weight is 268 g/mol. The first-order valence-electron chi connectivity index (χ1n) is 5.97. The van der Waals surface area contributed by atoms with E-state index < -0.39 is 5.41 Å². The molecule has 0 aliphatic rings. The Bertz CT molecular complexity index is 413. The SMILES string of the molecule is CC(CCc1ccco1)NC(=O)C(C)(C)C(N)=S. The first-order valence-corrected chi connectivity index (χ1v) is 6.38. The summed E-state index contributed by atoms with van der Waals surface area (Å²) in [6.07, 6.45) is 3.25.